The van der Waals surface area contributed by atoms with Crippen molar-refractivity contribution >= 4 is 46.3 Å². The summed E-state index contributed by atoms with van der Waals surface area (Å²) in [6.45, 7) is 2.08. The molecule has 0 bridgehead atoms. The third kappa shape index (κ3) is 3.34. The lowest BCUT2D eigenvalue weighted by Crippen LogP contribution is -1.94. The van der Waals surface area contributed by atoms with Crippen molar-refractivity contribution in [3.8, 4) is 11.3 Å². The van der Waals surface area contributed by atoms with Crippen LogP contribution in [0.4, 0.5) is 11.4 Å². The molecule has 0 amide bonds. The predicted molar refractivity (Wildman–Crippen MR) is 108 cm³/mol. The first kappa shape index (κ1) is 17.3. The standard InChI is InChI=1S/C20H16ClN3.ClH/c1-13-11-15-19(23-24-20(15)14-7-3-2-4-8-14)12-18(13)22-17-10-6-5-9-16(17)21;/h2-12,22H,1H3,(H,23,24);1H. The van der Waals surface area contributed by atoms with Gasteiger partial charge in [0, 0.05) is 16.6 Å². The molecule has 0 fully saturated rings. The average molecular weight is 370 g/mol. The van der Waals surface area contributed by atoms with Crippen molar-refractivity contribution in [3.63, 3.8) is 0 Å². The van der Waals surface area contributed by atoms with Crippen LogP contribution < -0.4 is 5.32 Å². The summed E-state index contributed by atoms with van der Waals surface area (Å²) >= 11 is 6.25. The van der Waals surface area contributed by atoms with Crippen molar-refractivity contribution in [2.75, 3.05) is 5.32 Å². The van der Waals surface area contributed by atoms with Crippen LogP contribution in [0.5, 0.6) is 0 Å². The molecule has 2 N–H and O–H groups in total. The number of hydrogen-bond donors (Lipinski definition) is 2. The molecular weight excluding hydrogens is 353 g/mol. The summed E-state index contributed by atoms with van der Waals surface area (Å²) in [5.41, 5.74) is 6.12. The Bertz CT molecular complexity index is 1010. The highest BCUT2D eigenvalue weighted by molar-refractivity contribution is 6.33. The third-order valence-corrected chi connectivity index (χ3v) is 4.43. The summed E-state index contributed by atoms with van der Waals surface area (Å²) in [7, 11) is 0. The van der Waals surface area contributed by atoms with Crippen LogP contribution in [0, 0.1) is 6.92 Å². The van der Waals surface area contributed by atoms with Gasteiger partial charge in [-0.1, -0.05) is 54.1 Å². The second-order valence-corrected chi connectivity index (χ2v) is 6.16. The van der Waals surface area contributed by atoms with E-state index >= 15 is 0 Å². The first-order valence-electron chi connectivity index (χ1n) is 7.78. The minimum atomic E-state index is 0. The van der Waals surface area contributed by atoms with Gasteiger partial charge in [0.1, 0.15) is 0 Å². The van der Waals surface area contributed by atoms with Gasteiger partial charge in [-0.15, -0.1) is 12.4 Å². The van der Waals surface area contributed by atoms with Crippen LogP contribution in [-0.4, -0.2) is 10.2 Å². The van der Waals surface area contributed by atoms with Crippen molar-refractivity contribution in [2.45, 2.75) is 6.92 Å². The lowest BCUT2D eigenvalue weighted by Gasteiger charge is -2.11. The van der Waals surface area contributed by atoms with Crippen LogP contribution in [0.25, 0.3) is 22.2 Å². The average Bonchev–Trinajstić information content (AvgIpc) is 3.00. The highest BCUT2D eigenvalue weighted by Gasteiger charge is 2.11. The molecule has 0 aliphatic heterocycles. The Hall–Kier alpha value is -2.49. The minimum absolute atomic E-state index is 0. The Morgan fingerprint density at radius 3 is 2.40 bits per heavy atom. The van der Waals surface area contributed by atoms with E-state index in [1.54, 1.807) is 0 Å². The fourth-order valence-electron chi connectivity index (χ4n) is 2.83. The Balaban J connectivity index is 0.00000182. The molecule has 25 heavy (non-hydrogen) atoms. The summed E-state index contributed by atoms with van der Waals surface area (Å²) in [5, 5.41) is 12.8. The van der Waals surface area contributed by atoms with Gasteiger partial charge in [-0.25, -0.2) is 0 Å². The molecule has 126 valence electrons. The smallest absolute Gasteiger partial charge is 0.0999 e. The van der Waals surface area contributed by atoms with E-state index in [9.17, 15) is 0 Å². The quantitative estimate of drug-likeness (QED) is 0.441. The maximum absolute atomic E-state index is 6.25. The van der Waals surface area contributed by atoms with Crippen molar-refractivity contribution in [1.29, 1.82) is 0 Å². The number of H-pyrrole nitrogens is 1. The van der Waals surface area contributed by atoms with E-state index in [1.807, 2.05) is 42.5 Å². The van der Waals surface area contributed by atoms with Gasteiger partial charge in [-0.3, -0.25) is 5.10 Å². The van der Waals surface area contributed by atoms with Gasteiger partial charge in [0.15, 0.2) is 0 Å². The molecule has 0 atom stereocenters. The van der Waals surface area contributed by atoms with Crippen LogP contribution in [0.1, 0.15) is 5.56 Å². The van der Waals surface area contributed by atoms with Gasteiger partial charge < -0.3 is 5.32 Å². The second kappa shape index (κ2) is 7.18. The third-order valence-electron chi connectivity index (χ3n) is 4.10. The topological polar surface area (TPSA) is 40.7 Å². The number of anilines is 2. The van der Waals surface area contributed by atoms with Gasteiger partial charge in [0.25, 0.3) is 0 Å². The van der Waals surface area contributed by atoms with Crippen LogP contribution in [0.2, 0.25) is 5.02 Å². The van der Waals surface area contributed by atoms with Gasteiger partial charge in [-0.05, 0) is 36.8 Å². The number of fused-ring (bicyclic) bond motifs is 1. The number of benzene rings is 3. The van der Waals surface area contributed by atoms with E-state index in [4.69, 9.17) is 11.6 Å². The molecular formula is C20H17Cl2N3. The molecule has 0 saturated carbocycles. The number of nitrogens with zero attached hydrogens (tertiary/aromatic N) is 1. The van der Waals surface area contributed by atoms with Crippen LogP contribution in [-0.2, 0) is 0 Å². The number of para-hydroxylation sites is 1. The van der Waals surface area contributed by atoms with Crippen molar-refractivity contribution in [1.82, 2.24) is 10.2 Å². The number of hydrogen-bond acceptors (Lipinski definition) is 2. The molecule has 3 aromatic carbocycles. The zero-order valence-corrected chi connectivity index (χ0v) is 15.2. The molecule has 4 rings (SSSR count). The van der Waals surface area contributed by atoms with E-state index in [0.29, 0.717) is 5.02 Å². The highest BCUT2D eigenvalue weighted by Crippen LogP contribution is 2.32. The Labute approximate surface area is 157 Å². The number of rotatable bonds is 3. The highest BCUT2D eigenvalue weighted by atomic mass is 35.5. The normalized spacial score (nSPS) is 10.5. The van der Waals surface area contributed by atoms with Gasteiger partial charge in [-0.2, -0.15) is 5.10 Å². The van der Waals surface area contributed by atoms with Crippen molar-refractivity contribution in [2.24, 2.45) is 0 Å². The largest absolute Gasteiger partial charge is 0.354 e. The first-order chi connectivity index (χ1) is 11.7. The summed E-state index contributed by atoms with van der Waals surface area (Å²) in [4.78, 5) is 0. The summed E-state index contributed by atoms with van der Waals surface area (Å²) < 4.78 is 0. The van der Waals surface area contributed by atoms with E-state index in [-0.39, 0.29) is 12.4 Å². The molecule has 0 aliphatic carbocycles. The SMILES string of the molecule is Cc1cc2c(-c3ccccc3)n[nH]c2cc1Nc1ccccc1Cl.Cl. The Kier molecular flexibility index (Phi) is 4.98. The first-order valence-corrected chi connectivity index (χ1v) is 8.16. The molecule has 0 radical (unpaired) electrons. The summed E-state index contributed by atoms with van der Waals surface area (Å²) in [5.74, 6) is 0. The maximum Gasteiger partial charge on any atom is 0.0999 e. The van der Waals surface area contributed by atoms with E-state index in [0.717, 1.165) is 39.1 Å². The van der Waals surface area contributed by atoms with Crippen molar-refractivity contribution < 1.29 is 0 Å². The summed E-state index contributed by atoms with van der Waals surface area (Å²) in [6, 6.07) is 22.2. The number of nitrogens with one attached hydrogen (secondary N) is 2. The zero-order chi connectivity index (χ0) is 16.5. The molecule has 0 unspecified atom stereocenters. The second-order valence-electron chi connectivity index (χ2n) is 5.76. The molecule has 0 spiro atoms. The Morgan fingerprint density at radius 2 is 1.64 bits per heavy atom. The van der Waals surface area contributed by atoms with Crippen molar-refractivity contribution in [3.05, 3.63) is 77.3 Å². The van der Waals surface area contributed by atoms with Gasteiger partial charge in [0.05, 0.1) is 21.9 Å². The fourth-order valence-corrected chi connectivity index (χ4v) is 3.01. The van der Waals surface area contributed by atoms with Crippen LogP contribution >= 0.6 is 24.0 Å². The molecule has 1 aromatic heterocycles. The maximum atomic E-state index is 6.25. The molecule has 0 aliphatic rings. The number of halogens is 2. The fraction of sp³-hybridized carbons (Fsp3) is 0.0500. The molecule has 1 heterocycles. The lowest BCUT2D eigenvalue weighted by molar-refractivity contribution is 1.12. The molecule has 4 aromatic rings. The number of aromatic amines is 1. The van der Waals surface area contributed by atoms with E-state index in [2.05, 4.69) is 46.7 Å². The van der Waals surface area contributed by atoms with Crippen LogP contribution in [0.3, 0.4) is 0 Å². The number of aromatic nitrogens is 2. The molecule has 3 nitrogen and oxygen atoms in total. The van der Waals surface area contributed by atoms with E-state index in [1.165, 1.54) is 0 Å². The van der Waals surface area contributed by atoms with Crippen LogP contribution in [0.15, 0.2) is 66.7 Å². The van der Waals surface area contributed by atoms with E-state index < -0.39 is 0 Å². The number of aryl methyl sites for hydroxylation is 1. The van der Waals surface area contributed by atoms with Gasteiger partial charge in [0.2, 0.25) is 0 Å². The molecule has 5 heteroatoms. The lowest BCUT2D eigenvalue weighted by atomic mass is 10.0. The zero-order valence-electron chi connectivity index (χ0n) is 13.6. The Morgan fingerprint density at radius 1 is 0.920 bits per heavy atom. The van der Waals surface area contributed by atoms with Gasteiger partial charge >= 0.3 is 0 Å². The summed E-state index contributed by atoms with van der Waals surface area (Å²) in [6.07, 6.45) is 0. The predicted octanol–water partition coefficient (Wildman–Crippen LogP) is 6.36. The minimum Gasteiger partial charge on any atom is -0.354 e. The monoisotopic (exact) mass is 369 g/mol. The molecule has 0 saturated heterocycles.